The zero-order valence-corrected chi connectivity index (χ0v) is 18.9. The molecule has 0 radical (unpaired) electrons. The lowest BCUT2D eigenvalue weighted by atomic mass is 9.99. The molecule has 1 aliphatic rings. The molecule has 0 spiro atoms. The van der Waals surface area contributed by atoms with Gasteiger partial charge in [-0.1, -0.05) is 43.3 Å². The monoisotopic (exact) mass is 428 g/mol. The summed E-state index contributed by atoms with van der Waals surface area (Å²) in [4.78, 5) is 15.3. The van der Waals surface area contributed by atoms with Gasteiger partial charge in [0.1, 0.15) is 0 Å². The van der Waals surface area contributed by atoms with E-state index in [9.17, 15) is 13.2 Å². The molecule has 1 saturated heterocycles. The molecule has 6 heteroatoms. The molecule has 5 nitrogen and oxygen atoms in total. The second-order valence-corrected chi connectivity index (χ2v) is 11.0. The summed E-state index contributed by atoms with van der Waals surface area (Å²) in [6, 6.07) is 14.7. The summed E-state index contributed by atoms with van der Waals surface area (Å²) < 4.78 is 25.1. The average Bonchev–Trinajstić information content (AvgIpc) is 2.73. The van der Waals surface area contributed by atoms with Crippen LogP contribution in [0.5, 0.6) is 0 Å². The summed E-state index contributed by atoms with van der Waals surface area (Å²) in [7, 11) is -3.52. The zero-order chi connectivity index (χ0) is 21.7. The molecular formula is C24H32N2O3S. The lowest BCUT2D eigenvalue weighted by Crippen LogP contribution is -2.33. The van der Waals surface area contributed by atoms with Gasteiger partial charge in [0.25, 0.3) is 5.91 Å². The van der Waals surface area contributed by atoms with Crippen LogP contribution >= 0.6 is 0 Å². The molecule has 1 fully saturated rings. The fourth-order valence-corrected chi connectivity index (χ4v) is 5.13. The molecule has 0 saturated carbocycles. The molecule has 1 aliphatic heterocycles. The predicted molar refractivity (Wildman–Crippen MR) is 120 cm³/mol. The number of nitrogens with zero attached hydrogens (tertiary/aromatic N) is 1. The van der Waals surface area contributed by atoms with Gasteiger partial charge in [0, 0.05) is 19.6 Å². The van der Waals surface area contributed by atoms with Crippen LogP contribution < -0.4 is 5.32 Å². The number of benzene rings is 2. The number of sulfone groups is 1. The van der Waals surface area contributed by atoms with Crippen molar-refractivity contribution in [1.82, 2.24) is 10.2 Å². The molecule has 1 heterocycles. The molecule has 2 aromatic carbocycles. The maximum Gasteiger partial charge on any atom is 0.252 e. The third-order valence-electron chi connectivity index (χ3n) is 5.68. The highest BCUT2D eigenvalue weighted by Gasteiger charge is 2.25. The van der Waals surface area contributed by atoms with Crippen LogP contribution in [0.1, 0.15) is 55.1 Å². The van der Waals surface area contributed by atoms with E-state index in [1.807, 2.05) is 12.1 Å². The second kappa shape index (κ2) is 9.75. The minimum Gasteiger partial charge on any atom is -0.348 e. The first kappa shape index (κ1) is 22.5. The second-order valence-electron chi connectivity index (χ2n) is 8.57. The Kier molecular flexibility index (Phi) is 7.32. The van der Waals surface area contributed by atoms with Gasteiger partial charge in [0.15, 0.2) is 9.84 Å². The number of rotatable bonds is 7. The lowest BCUT2D eigenvalue weighted by molar-refractivity contribution is 0.0947. The molecule has 30 heavy (non-hydrogen) atoms. The van der Waals surface area contributed by atoms with E-state index >= 15 is 0 Å². The molecule has 1 amide bonds. The van der Waals surface area contributed by atoms with E-state index in [1.54, 1.807) is 32.0 Å². The van der Waals surface area contributed by atoms with Crippen LogP contribution in [-0.4, -0.2) is 37.6 Å². The molecule has 1 N–H and O–H groups in total. The first-order chi connectivity index (χ1) is 14.3. The molecule has 0 aromatic heterocycles. The minimum absolute atomic E-state index is 0.0867. The topological polar surface area (TPSA) is 66.5 Å². The number of carbonyl (C=O) groups is 1. The van der Waals surface area contributed by atoms with Crippen LogP contribution in [0.4, 0.5) is 0 Å². The highest BCUT2D eigenvalue weighted by atomic mass is 32.2. The molecule has 1 atom stereocenters. The van der Waals surface area contributed by atoms with Gasteiger partial charge >= 0.3 is 0 Å². The molecular weight excluding hydrogens is 396 g/mol. The van der Waals surface area contributed by atoms with Crippen molar-refractivity contribution in [2.24, 2.45) is 5.92 Å². The standard InChI is InChI=1S/C24H32N2O3S/c1-18(2)30(28,29)23-9-5-4-8-22(23)24(27)25-15-20-10-12-21(13-11-20)17-26-14-6-7-19(3)16-26/h4-5,8-13,18-19H,6-7,14-17H2,1-3H3,(H,25,27). The Morgan fingerprint density at radius 2 is 1.77 bits per heavy atom. The van der Waals surface area contributed by atoms with Crippen molar-refractivity contribution < 1.29 is 13.2 Å². The highest BCUT2D eigenvalue weighted by Crippen LogP contribution is 2.21. The Morgan fingerprint density at radius 3 is 2.43 bits per heavy atom. The van der Waals surface area contributed by atoms with Crippen molar-refractivity contribution in [1.29, 1.82) is 0 Å². The van der Waals surface area contributed by atoms with Crippen molar-refractivity contribution >= 4 is 15.7 Å². The van der Waals surface area contributed by atoms with Crippen LogP contribution in [0.15, 0.2) is 53.4 Å². The van der Waals surface area contributed by atoms with Crippen LogP contribution in [0.25, 0.3) is 0 Å². The fraction of sp³-hybridized carbons (Fsp3) is 0.458. The number of amides is 1. The quantitative estimate of drug-likeness (QED) is 0.723. The molecule has 0 aliphatic carbocycles. The molecule has 1 unspecified atom stereocenters. The number of hydrogen-bond acceptors (Lipinski definition) is 4. The number of nitrogens with one attached hydrogen (secondary N) is 1. The van der Waals surface area contributed by atoms with Crippen molar-refractivity contribution in [3.8, 4) is 0 Å². The smallest absolute Gasteiger partial charge is 0.252 e. The summed E-state index contributed by atoms with van der Waals surface area (Å²) in [5.74, 6) is 0.386. The van der Waals surface area contributed by atoms with E-state index < -0.39 is 15.1 Å². The number of piperidine rings is 1. The molecule has 3 rings (SSSR count). The predicted octanol–water partition coefficient (Wildman–Crippen LogP) is 4.03. The van der Waals surface area contributed by atoms with Crippen LogP contribution in [0, 0.1) is 5.92 Å². The maximum absolute atomic E-state index is 12.7. The van der Waals surface area contributed by atoms with Gasteiger partial charge in [-0.15, -0.1) is 0 Å². The summed E-state index contributed by atoms with van der Waals surface area (Å²) in [5.41, 5.74) is 2.46. The first-order valence-electron chi connectivity index (χ1n) is 10.7. The molecule has 0 bridgehead atoms. The van der Waals surface area contributed by atoms with E-state index in [-0.39, 0.29) is 16.4 Å². The first-order valence-corrected chi connectivity index (χ1v) is 12.2. The highest BCUT2D eigenvalue weighted by molar-refractivity contribution is 7.92. The minimum atomic E-state index is -3.52. The number of likely N-dealkylation sites (tertiary alicyclic amines) is 1. The third-order valence-corrected chi connectivity index (χ3v) is 7.89. The van der Waals surface area contributed by atoms with Gasteiger partial charge in [-0.2, -0.15) is 0 Å². The Bertz CT molecular complexity index is 968. The Hall–Kier alpha value is -2.18. The summed E-state index contributed by atoms with van der Waals surface area (Å²) in [6.07, 6.45) is 2.58. The largest absolute Gasteiger partial charge is 0.348 e. The van der Waals surface area contributed by atoms with Crippen LogP contribution in [0.3, 0.4) is 0 Å². The summed E-state index contributed by atoms with van der Waals surface area (Å²) in [5, 5.41) is 2.28. The van der Waals surface area contributed by atoms with Crippen molar-refractivity contribution in [3.05, 3.63) is 65.2 Å². The van der Waals surface area contributed by atoms with Crippen LogP contribution in [-0.2, 0) is 22.9 Å². The van der Waals surface area contributed by atoms with Gasteiger partial charge in [-0.3, -0.25) is 9.69 Å². The SMILES string of the molecule is CC1CCCN(Cc2ccc(CNC(=O)c3ccccc3S(=O)(=O)C(C)C)cc2)C1. The average molecular weight is 429 g/mol. The Labute approximate surface area is 180 Å². The van der Waals surface area contributed by atoms with Crippen molar-refractivity contribution in [3.63, 3.8) is 0 Å². The molecule has 2 aromatic rings. The Morgan fingerprint density at radius 1 is 1.10 bits per heavy atom. The number of carbonyl (C=O) groups excluding carboxylic acids is 1. The summed E-state index contributed by atoms with van der Waals surface area (Å²) >= 11 is 0. The van der Waals surface area contributed by atoms with Gasteiger partial charge in [0.2, 0.25) is 0 Å². The molecule has 162 valence electrons. The van der Waals surface area contributed by atoms with E-state index in [1.165, 1.54) is 24.5 Å². The van der Waals surface area contributed by atoms with E-state index in [2.05, 4.69) is 29.3 Å². The fourth-order valence-electron chi connectivity index (χ4n) is 3.88. The number of hydrogen-bond donors (Lipinski definition) is 1. The van der Waals surface area contributed by atoms with Crippen molar-refractivity contribution in [2.75, 3.05) is 13.1 Å². The van der Waals surface area contributed by atoms with Gasteiger partial charge in [0.05, 0.1) is 15.7 Å². The van der Waals surface area contributed by atoms with E-state index in [0.717, 1.165) is 31.1 Å². The maximum atomic E-state index is 12.7. The third kappa shape index (κ3) is 5.49. The normalized spacial score (nSPS) is 17.8. The summed E-state index contributed by atoms with van der Waals surface area (Å²) in [6.45, 7) is 9.17. The van der Waals surface area contributed by atoms with E-state index in [0.29, 0.717) is 6.54 Å². The van der Waals surface area contributed by atoms with Gasteiger partial charge in [-0.05, 0) is 62.4 Å². The van der Waals surface area contributed by atoms with Gasteiger partial charge in [-0.25, -0.2) is 8.42 Å². The van der Waals surface area contributed by atoms with Crippen LogP contribution in [0.2, 0.25) is 0 Å². The van der Waals surface area contributed by atoms with Gasteiger partial charge < -0.3 is 5.32 Å². The van der Waals surface area contributed by atoms with E-state index in [4.69, 9.17) is 0 Å². The zero-order valence-electron chi connectivity index (χ0n) is 18.1. The lowest BCUT2D eigenvalue weighted by Gasteiger charge is -2.30. The Balaban J connectivity index is 1.62. The van der Waals surface area contributed by atoms with Crippen molar-refractivity contribution in [2.45, 2.75) is 56.8 Å².